The van der Waals surface area contributed by atoms with E-state index in [1.807, 2.05) is 54.6 Å². The van der Waals surface area contributed by atoms with Crippen molar-refractivity contribution in [3.8, 4) is 16.9 Å². The Morgan fingerprint density at radius 3 is 2.36 bits per heavy atom. The van der Waals surface area contributed by atoms with E-state index >= 15 is 0 Å². The highest BCUT2D eigenvalue weighted by Gasteiger charge is 2.17. The minimum absolute atomic E-state index is 0.236. The topological polar surface area (TPSA) is 73.2 Å². The molecule has 0 bridgehead atoms. The summed E-state index contributed by atoms with van der Waals surface area (Å²) in [5, 5.41) is 6.76. The third-order valence-corrected chi connectivity index (χ3v) is 4.38. The predicted octanol–water partition coefficient (Wildman–Crippen LogP) is 2.91. The van der Waals surface area contributed by atoms with E-state index in [4.69, 9.17) is 4.74 Å². The number of aromatic nitrogens is 2. The Bertz CT molecular complexity index is 917. The zero-order valence-corrected chi connectivity index (χ0v) is 14.6. The molecule has 3 rings (SSSR count). The second-order valence-corrected chi connectivity index (χ2v) is 6.38. The first-order valence-corrected chi connectivity index (χ1v) is 8.52. The molecular weight excluding hydrogens is 338 g/mol. The molecule has 0 fully saturated rings. The number of amides is 1. The molecule has 1 atom stereocenters. The minimum Gasteiger partial charge on any atom is -0.481 e. The fourth-order valence-electron chi connectivity index (χ4n) is 2.22. The number of hydrogen-bond acceptors (Lipinski definition) is 5. The summed E-state index contributed by atoms with van der Waals surface area (Å²) >= 11 is 0.875. The van der Waals surface area contributed by atoms with Crippen molar-refractivity contribution in [2.75, 3.05) is 5.32 Å². The Morgan fingerprint density at radius 1 is 1.12 bits per heavy atom. The molecule has 2 aromatic carbocycles. The first-order valence-electron chi connectivity index (χ1n) is 7.70. The van der Waals surface area contributed by atoms with Crippen molar-refractivity contribution in [2.45, 2.75) is 13.0 Å². The molecule has 0 saturated carbocycles. The third-order valence-electron chi connectivity index (χ3n) is 3.56. The molecule has 7 heteroatoms. The lowest BCUT2D eigenvalue weighted by molar-refractivity contribution is -0.122. The fourth-order valence-corrected chi connectivity index (χ4v) is 2.87. The van der Waals surface area contributed by atoms with Crippen LogP contribution in [0.25, 0.3) is 11.1 Å². The average Bonchev–Trinajstić information content (AvgIpc) is 2.93. The fraction of sp³-hybridized carbons (Fsp3) is 0.167. The first-order chi connectivity index (χ1) is 12.0. The van der Waals surface area contributed by atoms with Gasteiger partial charge in [0.15, 0.2) is 6.10 Å². The van der Waals surface area contributed by atoms with Crippen LogP contribution in [-0.2, 0) is 11.8 Å². The molecule has 0 spiro atoms. The van der Waals surface area contributed by atoms with Gasteiger partial charge in [0.05, 0.1) is 0 Å². The lowest BCUT2D eigenvalue weighted by atomic mass is 10.1. The molecule has 1 aromatic heterocycles. The molecule has 3 aromatic rings. The maximum absolute atomic E-state index is 12.1. The van der Waals surface area contributed by atoms with E-state index in [2.05, 4.69) is 10.4 Å². The molecule has 1 amide bonds. The second kappa shape index (κ2) is 7.31. The summed E-state index contributed by atoms with van der Waals surface area (Å²) in [6.45, 7) is 1.64. The number of ether oxygens (including phenoxy) is 1. The second-order valence-electron chi connectivity index (χ2n) is 5.44. The molecule has 1 N–H and O–H groups in total. The molecule has 6 nitrogen and oxygen atoms in total. The summed E-state index contributed by atoms with van der Waals surface area (Å²) in [6, 6.07) is 17.5. The van der Waals surface area contributed by atoms with Gasteiger partial charge in [-0.3, -0.25) is 14.9 Å². The third kappa shape index (κ3) is 4.13. The molecule has 1 heterocycles. The molecule has 0 saturated heterocycles. The van der Waals surface area contributed by atoms with E-state index < -0.39 is 6.10 Å². The number of nitrogens with one attached hydrogen (secondary N) is 1. The maximum Gasteiger partial charge on any atom is 0.326 e. The van der Waals surface area contributed by atoms with E-state index in [1.165, 1.54) is 11.7 Å². The van der Waals surface area contributed by atoms with Gasteiger partial charge in [0.1, 0.15) is 5.75 Å². The van der Waals surface area contributed by atoms with Crippen LogP contribution in [0.2, 0.25) is 0 Å². The average molecular weight is 355 g/mol. The highest BCUT2D eigenvalue weighted by molar-refractivity contribution is 7.13. The number of benzene rings is 2. The molecular formula is C18H17N3O3S. The Kier molecular flexibility index (Phi) is 4.95. The van der Waals surface area contributed by atoms with E-state index in [9.17, 15) is 9.59 Å². The molecule has 0 unspecified atom stereocenters. The SMILES string of the molecule is C[C@@H](Oc1ccc(-c2ccccc2)cc1)C(=O)Nc1nn(C)c(=O)s1. The van der Waals surface area contributed by atoms with Crippen molar-refractivity contribution in [1.82, 2.24) is 9.78 Å². The minimum atomic E-state index is -0.716. The number of carbonyl (C=O) groups is 1. The van der Waals surface area contributed by atoms with Crippen molar-refractivity contribution in [2.24, 2.45) is 7.05 Å². The molecule has 0 aliphatic heterocycles. The highest BCUT2D eigenvalue weighted by atomic mass is 32.1. The monoisotopic (exact) mass is 355 g/mol. The standard InChI is InChI=1S/C18H17N3O3S/c1-12(16(22)19-17-20-21(2)18(23)25-17)24-15-10-8-14(9-11-15)13-6-4-3-5-7-13/h3-12H,1-2H3,(H,19,20,22)/t12-/m1/s1. The zero-order valence-electron chi connectivity index (χ0n) is 13.8. The van der Waals surface area contributed by atoms with Gasteiger partial charge in [0, 0.05) is 7.05 Å². The van der Waals surface area contributed by atoms with Crippen molar-refractivity contribution >= 4 is 22.4 Å². The zero-order chi connectivity index (χ0) is 17.8. The summed E-state index contributed by atoms with van der Waals surface area (Å²) in [7, 11) is 1.53. The van der Waals surface area contributed by atoms with Gasteiger partial charge in [-0.2, -0.15) is 0 Å². The van der Waals surface area contributed by atoms with Crippen molar-refractivity contribution in [1.29, 1.82) is 0 Å². The Balaban J connectivity index is 1.63. The summed E-state index contributed by atoms with van der Waals surface area (Å²) in [5.41, 5.74) is 2.19. The van der Waals surface area contributed by atoms with Crippen LogP contribution < -0.4 is 14.9 Å². The number of nitrogens with zero attached hydrogens (tertiary/aromatic N) is 2. The van der Waals surface area contributed by atoms with E-state index in [0.29, 0.717) is 5.75 Å². The molecule has 0 aliphatic rings. The lowest BCUT2D eigenvalue weighted by Gasteiger charge is -2.14. The summed E-state index contributed by atoms with van der Waals surface area (Å²) < 4.78 is 6.83. The number of aryl methyl sites for hydroxylation is 1. The van der Waals surface area contributed by atoms with Gasteiger partial charge < -0.3 is 4.74 Å². The molecule has 25 heavy (non-hydrogen) atoms. The number of hydrogen-bond donors (Lipinski definition) is 1. The van der Waals surface area contributed by atoms with Crippen LogP contribution in [0, 0.1) is 0 Å². The Labute approximate surface area is 148 Å². The molecule has 128 valence electrons. The van der Waals surface area contributed by atoms with Crippen LogP contribution in [-0.4, -0.2) is 21.8 Å². The predicted molar refractivity (Wildman–Crippen MR) is 98.0 cm³/mol. The van der Waals surface area contributed by atoms with Gasteiger partial charge in [-0.15, -0.1) is 5.10 Å². The van der Waals surface area contributed by atoms with Crippen LogP contribution in [0.3, 0.4) is 0 Å². The van der Waals surface area contributed by atoms with Crippen LogP contribution in [0.1, 0.15) is 6.92 Å². The van der Waals surface area contributed by atoms with Gasteiger partial charge >= 0.3 is 4.87 Å². The number of carbonyl (C=O) groups excluding carboxylic acids is 1. The van der Waals surface area contributed by atoms with Crippen LogP contribution in [0.4, 0.5) is 5.13 Å². The van der Waals surface area contributed by atoms with E-state index in [-0.39, 0.29) is 15.9 Å². The summed E-state index contributed by atoms with van der Waals surface area (Å²) in [5.74, 6) is 0.234. The van der Waals surface area contributed by atoms with Gasteiger partial charge in [0.25, 0.3) is 5.91 Å². The van der Waals surface area contributed by atoms with E-state index in [0.717, 1.165) is 22.5 Å². The first kappa shape index (κ1) is 16.9. The van der Waals surface area contributed by atoms with Crippen LogP contribution in [0.15, 0.2) is 59.4 Å². The van der Waals surface area contributed by atoms with Gasteiger partial charge in [0.2, 0.25) is 5.13 Å². The Hall–Kier alpha value is -2.93. The maximum atomic E-state index is 12.1. The van der Waals surface area contributed by atoms with Crippen LogP contribution in [0.5, 0.6) is 5.75 Å². The van der Waals surface area contributed by atoms with Crippen LogP contribution >= 0.6 is 11.3 Å². The number of anilines is 1. The summed E-state index contributed by atoms with van der Waals surface area (Å²) in [6.07, 6.45) is -0.716. The molecule has 0 aliphatic carbocycles. The van der Waals surface area contributed by atoms with Crippen molar-refractivity contribution < 1.29 is 9.53 Å². The normalized spacial score (nSPS) is 11.8. The van der Waals surface area contributed by atoms with Crippen molar-refractivity contribution in [3.63, 3.8) is 0 Å². The van der Waals surface area contributed by atoms with Gasteiger partial charge in [-0.25, -0.2) is 4.68 Å². The smallest absolute Gasteiger partial charge is 0.326 e. The van der Waals surface area contributed by atoms with Gasteiger partial charge in [-0.1, -0.05) is 42.5 Å². The van der Waals surface area contributed by atoms with Crippen molar-refractivity contribution in [3.05, 3.63) is 64.3 Å². The lowest BCUT2D eigenvalue weighted by Crippen LogP contribution is -2.30. The Morgan fingerprint density at radius 2 is 1.76 bits per heavy atom. The highest BCUT2D eigenvalue weighted by Crippen LogP contribution is 2.22. The summed E-state index contributed by atoms with van der Waals surface area (Å²) in [4.78, 5) is 23.3. The number of rotatable bonds is 5. The van der Waals surface area contributed by atoms with E-state index in [1.54, 1.807) is 6.92 Å². The largest absolute Gasteiger partial charge is 0.481 e. The molecule has 0 radical (unpaired) electrons. The van der Waals surface area contributed by atoms with Gasteiger partial charge in [-0.05, 0) is 41.5 Å². The quantitative estimate of drug-likeness (QED) is 0.764.